The van der Waals surface area contributed by atoms with Gasteiger partial charge in [0, 0.05) is 5.39 Å². The Hall–Kier alpha value is -1.70. The van der Waals surface area contributed by atoms with Crippen LogP contribution in [0.2, 0.25) is 0 Å². The van der Waals surface area contributed by atoms with Crippen molar-refractivity contribution < 1.29 is 8.78 Å². The zero-order valence-electron chi connectivity index (χ0n) is 21.4. The van der Waals surface area contributed by atoms with Crippen molar-refractivity contribution in [2.75, 3.05) is 0 Å². The molecule has 0 heterocycles. The number of hydrogen-bond acceptors (Lipinski definition) is 0. The molecule has 2 aromatic rings. The molecule has 2 fully saturated rings. The summed E-state index contributed by atoms with van der Waals surface area (Å²) in [6.07, 6.45) is 21.6. The number of allylic oxidation sites excluding steroid dienone is 2. The lowest BCUT2D eigenvalue weighted by Crippen LogP contribution is -2.25. The highest BCUT2D eigenvalue weighted by molar-refractivity contribution is 5.84. The van der Waals surface area contributed by atoms with E-state index >= 15 is 0 Å². The van der Waals surface area contributed by atoms with Gasteiger partial charge in [-0.15, -0.1) is 0 Å². The van der Waals surface area contributed by atoms with E-state index in [-0.39, 0.29) is 0 Å². The lowest BCUT2D eigenvalue weighted by Gasteiger charge is -2.37. The topological polar surface area (TPSA) is 0 Å². The highest BCUT2D eigenvalue weighted by Crippen LogP contribution is 2.42. The van der Waals surface area contributed by atoms with E-state index in [9.17, 15) is 8.78 Å². The summed E-state index contributed by atoms with van der Waals surface area (Å²) in [6.45, 7) is 4.35. The van der Waals surface area contributed by atoms with Crippen molar-refractivity contribution in [3.8, 4) is 0 Å². The predicted octanol–water partition coefficient (Wildman–Crippen LogP) is 9.97. The molecule has 0 bridgehead atoms. The van der Waals surface area contributed by atoms with Crippen molar-refractivity contribution in [3.05, 3.63) is 59.2 Å². The van der Waals surface area contributed by atoms with Crippen LogP contribution in [-0.4, -0.2) is 0 Å². The summed E-state index contributed by atoms with van der Waals surface area (Å²) in [4.78, 5) is 0. The third-order valence-electron chi connectivity index (χ3n) is 8.76. The van der Waals surface area contributed by atoms with Crippen molar-refractivity contribution >= 4 is 10.8 Å². The third-order valence-corrected chi connectivity index (χ3v) is 8.76. The maximum Gasteiger partial charge on any atom is 0.166 e. The van der Waals surface area contributed by atoms with Crippen molar-refractivity contribution in [2.24, 2.45) is 23.7 Å². The average molecular weight is 467 g/mol. The quantitative estimate of drug-likeness (QED) is 0.322. The number of rotatable bonds is 9. The van der Waals surface area contributed by atoms with Gasteiger partial charge in [-0.2, -0.15) is 0 Å². The second kappa shape index (κ2) is 12.3. The zero-order valence-corrected chi connectivity index (χ0v) is 21.4. The van der Waals surface area contributed by atoms with Crippen molar-refractivity contribution in [1.29, 1.82) is 0 Å². The van der Waals surface area contributed by atoms with Gasteiger partial charge in [-0.1, -0.05) is 63.8 Å². The second-order valence-electron chi connectivity index (χ2n) is 11.2. The first kappa shape index (κ1) is 25.4. The Morgan fingerprint density at radius 3 is 2.18 bits per heavy atom. The van der Waals surface area contributed by atoms with Crippen LogP contribution in [0.5, 0.6) is 0 Å². The predicted molar refractivity (Wildman–Crippen MR) is 141 cm³/mol. The molecule has 2 aliphatic rings. The fourth-order valence-electron chi connectivity index (χ4n) is 6.63. The fourth-order valence-corrected chi connectivity index (χ4v) is 6.63. The molecule has 0 amide bonds. The summed E-state index contributed by atoms with van der Waals surface area (Å²) in [5.41, 5.74) is 1.64. The van der Waals surface area contributed by atoms with Gasteiger partial charge in [0.15, 0.2) is 11.6 Å². The Balaban J connectivity index is 1.26. The maximum absolute atomic E-state index is 14.9. The molecular weight excluding hydrogens is 422 g/mol. The van der Waals surface area contributed by atoms with Gasteiger partial charge in [-0.05, 0) is 117 Å². The SMILES string of the molecule is CCC/C=C/C1CCC(C2CCC(CCc3cc4ccc(CCC)cc4c(F)c3F)CC2)CC1. The maximum atomic E-state index is 14.9. The van der Waals surface area contributed by atoms with Crippen LogP contribution in [-0.2, 0) is 12.8 Å². The largest absolute Gasteiger partial charge is 0.203 e. The molecule has 2 heteroatoms. The van der Waals surface area contributed by atoms with Gasteiger partial charge in [0.05, 0.1) is 0 Å². The molecule has 34 heavy (non-hydrogen) atoms. The van der Waals surface area contributed by atoms with Crippen molar-refractivity contribution in [1.82, 2.24) is 0 Å². The molecule has 4 rings (SSSR count). The zero-order chi connectivity index (χ0) is 23.9. The van der Waals surface area contributed by atoms with Crippen LogP contribution in [0.15, 0.2) is 36.4 Å². The Morgan fingerprint density at radius 1 is 0.794 bits per heavy atom. The van der Waals surface area contributed by atoms with E-state index in [4.69, 9.17) is 0 Å². The molecule has 0 nitrogen and oxygen atoms in total. The fraction of sp³-hybridized carbons (Fsp3) is 0.625. The first-order valence-electron chi connectivity index (χ1n) is 14.1. The molecule has 2 aromatic carbocycles. The van der Waals surface area contributed by atoms with Gasteiger partial charge < -0.3 is 0 Å². The summed E-state index contributed by atoms with van der Waals surface area (Å²) in [5.74, 6) is 2.00. The van der Waals surface area contributed by atoms with E-state index in [1.54, 1.807) is 0 Å². The molecule has 0 aromatic heterocycles. The molecule has 0 N–H and O–H groups in total. The number of hydrogen-bond donors (Lipinski definition) is 0. The Kier molecular flexibility index (Phi) is 9.20. The van der Waals surface area contributed by atoms with Gasteiger partial charge in [0.25, 0.3) is 0 Å². The van der Waals surface area contributed by atoms with E-state index in [0.717, 1.165) is 48.0 Å². The molecule has 2 saturated carbocycles. The number of halogens is 2. The van der Waals surface area contributed by atoms with Crippen LogP contribution in [0, 0.1) is 35.3 Å². The summed E-state index contributed by atoms with van der Waals surface area (Å²) in [5, 5.41) is 1.26. The van der Waals surface area contributed by atoms with E-state index in [2.05, 4.69) is 32.1 Å². The van der Waals surface area contributed by atoms with Crippen molar-refractivity contribution in [2.45, 2.75) is 104 Å². The lowest BCUT2D eigenvalue weighted by molar-refractivity contribution is 0.152. The third kappa shape index (κ3) is 6.29. The molecular formula is C32H44F2. The van der Waals surface area contributed by atoms with Gasteiger partial charge >= 0.3 is 0 Å². The minimum absolute atomic E-state index is 0.434. The highest BCUT2D eigenvalue weighted by atomic mass is 19.2. The molecule has 0 aliphatic heterocycles. The lowest BCUT2D eigenvalue weighted by atomic mass is 9.68. The van der Waals surface area contributed by atoms with Crippen LogP contribution in [0.3, 0.4) is 0 Å². The summed E-state index contributed by atoms with van der Waals surface area (Å²) in [6, 6.07) is 7.74. The molecule has 2 aliphatic carbocycles. The Morgan fingerprint density at radius 2 is 1.50 bits per heavy atom. The van der Waals surface area contributed by atoms with Gasteiger partial charge in [0.1, 0.15) is 0 Å². The first-order chi connectivity index (χ1) is 16.6. The summed E-state index contributed by atoms with van der Waals surface area (Å²) in [7, 11) is 0. The highest BCUT2D eigenvalue weighted by Gasteiger charge is 2.30. The molecule has 0 radical (unpaired) electrons. The number of unbranched alkanes of at least 4 members (excludes halogenated alkanes) is 1. The number of benzene rings is 2. The average Bonchev–Trinajstić information content (AvgIpc) is 2.87. The molecule has 0 atom stereocenters. The van der Waals surface area contributed by atoms with Gasteiger partial charge in [0.2, 0.25) is 0 Å². The summed E-state index contributed by atoms with van der Waals surface area (Å²) >= 11 is 0. The standard InChI is InChI=1S/C32H44F2/c1-3-5-6-8-23-9-15-26(16-10-23)27-17-11-24(12-18-27)13-20-29-22-28-19-14-25(7-4-2)21-30(28)32(34)31(29)33/h6,8,14,19,21-24,26-27H,3-5,7,9-13,15-18,20H2,1-2H3/b8-6+. The number of aryl methyl sites for hydroxylation is 2. The normalized spacial score (nSPS) is 25.9. The van der Waals surface area contributed by atoms with Gasteiger partial charge in [-0.3, -0.25) is 0 Å². The molecule has 0 saturated heterocycles. The number of fused-ring (bicyclic) bond motifs is 1. The minimum Gasteiger partial charge on any atom is -0.203 e. The Bertz CT molecular complexity index is 943. The smallest absolute Gasteiger partial charge is 0.166 e. The summed E-state index contributed by atoms with van der Waals surface area (Å²) < 4.78 is 29.7. The molecule has 0 spiro atoms. The van der Waals surface area contributed by atoms with Crippen LogP contribution >= 0.6 is 0 Å². The minimum atomic E-state index is -0.658. The molecule has 0 unspecified atom stereocenters. The van der Waals surface area contributed by atoms with Gasteiger partial charge in [-0.25, -0.2) is 8.78 Å². The molecule has 186 valence electrons. The van der Waals surface area contributed by atoms with Crippen molar-refractivity contribution in [3.63, 3.8) is 0 Å². The second-order valence-corrected chi connectivity index (χ2v) is 11.2. The Labute approximate surface area is 206 Å². The van der Waals surface area contributed by atoms with E-state index in [0.29, 0.717) is 23.3 Å². The van der Waals surface area contributed by atoms with E-state index in [1.807, 2.05) is 18.2 Å². The van der Waals surface area contributed by atoms with E-state index < -0.39 is 11.6 Å². The van der Waals surface area contributed by atoms with Crippen LogP contribution in [0.25, 0.3) is 10.8 Å². The van der Waals surface area contributed by atoms with Crippen LogP contribution in [0.4, 0.5) is 8.78 Å². The monoisotopic (exact) mass is 466 g/mol. The first-order valence-corrected chi connectivity index (χ1v) is 14.1. The van der Waals surface area contributed by atoms with Crippen LogP contribution < -0.4 is 0 Å². The van der Waals surface area contributed by atoms with Crippen LogP contribution in [0.1, 0.15) is 102 Å². The van der Waals surface area contributed by atoms with E-state index in [1.165, 1.54) is 64.2 Å².